The Balaban J connectivity index is 3.15. The van der Waals surface area contributed by atoms with E-state index in [0.29, 0.717) is 5.69 Å². The third kappa shape index (κ3) is 1.52. The predicted octanol–water partition coefficient (Wildman–Crippen LogP) is 1.25. The molecular weight excluding hydrogens is 148 g/mol. The Morgan fingerprint density at radius 2 is 2.50 bits per heavy atom. The van der Waals surface area contributed by atoms with E-state index in [-0.39, 0.29) is 6.04 Å². The number of hydrogen-bond acceptors (Lipinski definition) is 2. The second-order valence-electron chi connectivity index (χ2n) is 2.34. The lowest BCUT2D eigenvalue weighted by Crippen LogP contribution is -2.10. The molecule has 0 amide bonds. The summed E-state index contributed by atoms with van der Waals surface area (Å²) in [5.74, 6) is 2.52. The van der Waals surface area contributed by atoms with Crippen LogP contribution in [0, 0.1) is 12.3 Å². The molecule has 0 aliphatic rings. The molecule has 0 spiro atoms. The molecular formula is C10H10N2. The second-order valence-corrected chi connectivity index (χ2v) is 2.34. The van der Waals surface area contributed by atoms with Gasteiger partial charge in [0.15, 0.2) is 0 Å². The smallest absolute Gasteiger partial charge is 0.0766 e. The molecule has 1 atom stereocenters. The molecule has 12 heavy (non-hydrogen) atoms. The van der Waals surface area contributed by atoms with E-state index in [0.717, 1.165) is 5.56 Å². The van der Waals surface area contributed by atoms with Gasteiger partial charge in [-0.15, -0.1) is 13.0 Å². The number of hydrogen-bond donors (Lipinski definition) is 1. The van der Waals surface area contributed by atoms with Crippen molar-refractivity contribution in [2.75, 3.05) is 0 Å². The van der Waals surface area contributed by atoms with Crippen LogP contribution in [-0.4, -0.2) is 4.98 Å². The molecule has 0 fully saturated rings. The van der Waals surface area contributed by atoms with E-state index >= 15 is 0 Å². The van der Waals surface area contributed by atoms with Crippen LogP contribution >= 0.6 is 0 Å². The van der Waals surface area contributed by atoms with E-state index < -0.39 is 0 Å². The maximum atomic E-state index is 5.69. The highest BCUT2D eigenvalue weighted by Crippen LogP contribution is 2.11. The molecule has 2 N–H and O–H groups in total. The van der Waals surface area contributed by atoms with Gasteiger partial charge < -0.3 is 5.73 Å². The summed E-state index contributed by atoms with van der Waals surface area (Å²) in [6.45, 7) is 3.58. The van der Waals surface area contributed by atoms with E-state index in [2.05, 4.69) is 17.5 Å². The number of nitrogens with zero attached hydrogens (tertiary/aromatic N) is 1. The van der Waals surface area contributed by atoms with Crippen molar-refractivity contribution < 1.29 is 0 Å². The molecule has 0 aromatic carbocycles. The largest absolute Gasteiger partial charge is 0.319 e. The lowest BCUT2D eigenvalue weighted by atomic mass is 10.1. The summed E-state index contributed by atoms with van der Waals surface area (Å²) in [6, 6.07) is 3.32. The lowest BCUT2D eigenvalue weighted by molar-refractivity contribution is 0.860. The zero-order valence-corrected chi connectivity index (χ0v) is 6.70. The molecule has 2 nitrogen and oxygen atoms in total. The summed E-state index contributed by atoms with van der Waals surface area (Å²) in [6.07, 6.45) is 8.54. The number of rotatable bonds is 2. The van der Waals surface area contributed by atoms with Crippen LogP contribution in [0.15, 0.2) is 31.0 Å². The minimum atomic E-state index is -0.280. The monoisotopic (exact) mass is 158 g/mol. The van der Waals surface area contributed by atoms with Gasteiger partial charge in [-0.25, -0.2) is 0 Å². The Morgan fingerprint density at radius 3 is 3.08 bits per heavy atom. The van der Waals surface area contributed by atoms with Crippen LogP contribution in [0.1, 0.15) is 17.3 Å². The molecule has 0 radical (unpaired) electrons. The normalized spacial score (nSPS) is 11.7. The summed E-state index contributed by atoms with van der Waals surface area (Å²) in [5.41, 5.74) is 7.12. The van der Waals surface area contributed by atoms with Crippen LogP contribution in [0.25, 0.3) is 0 Å². The van der Waals surface area contributed by atoms with Gasteiger partial charge in [0.1, 0.15) is 0 Å². The Hall–Kier alpha value is -1.59. The molecule has 1 heterocycles. The summed E-state index contributed by atoms with van der Waals surface area (Å²) < 4.78 is 0. The van der Waals surface area contributed by atoms with Gasteiger partial charge in [0, 0.05) is 11.8 Å². The first kappa shape index (κ1) is 8.51. The first-order chi connectivity index (χ1) is 5.79. The highest BCUT2D eigenvalue weighted by Gasteiger charge is 2.06. The minimum absolute atomic E-state index is 0.280. The Kier molecular flexibility index (Phi) is 2.62. The fourth-order valence-electron chi connectivity index (χ4n) is 0.917. The van der Waals surface area contributed by atoms with Gasteiger partial charge in [-0.3, -0.25) is 4.98 Å². The van der Waals surface area contributed by atoms with Crippen LogP contribution in [0.5, 0.6) is 0 Å². The van der Waals surface area contributed by atoms with Crippen molar-refractivity contribution in [3.05, 3.63) is 42.2 Å². The van der Waals surface area contributed by atoms with E-state index in [4.69, 9.17) is 12.2 Å². The highest BCUT2D eigenvalue weighted by molar-refractivity contribution is 5.38. The molecule has 60 valence electrons. The molecule has 0 aliphatic heterocycles. The van der Waals surface area contributed by atoms with Crippen molar-refractivity contribution in [1.29, 1.82) is 0 Å². The van der Waals surface area contributed by atoms with Crippen LogP contribution in [0.4, 0.5) is 0 Å². The van der Waals surface area contributed by atoms with Crippen molar-refractivity contribution in [1.82, 2.24) is 4.98 Å². The second kappa shape index (κ2) is 3.70. The minimum Gasteiger partial charge on any atom is -0.319 e. The SMILES string of the molecule is C#Cc1cccnc1[C@H](N)C=C. The van der Waals surface area contributed by atoms with Gasteiger partial charge in [0.25, 0.3) is 0 Å². The van der Waals surface area contributed by atoms with Crippen molar-refractivity contribution in [3.63, 3.8) is 0 Å². The molecule has 2 heteroatoms. The van der Waals surface area contributed by atoms with Gasteiger partial charge in [0.05, 0.1) is 11.7 Å². The first-order valence-electron chi connectivity index (χ1n) is 3.59. The number of aromatic nitrogens is 1. The number of pyridine rings is 1. The van der Waals surface area contributed by atoms with Crippen LogP contribution in [0.3, 0.4) is 0 Å². The predicted molar refractivity (Wildman–Crippen MR) is 49.3 cm³/mol. The van der Waals surface area contributed by atoms with Crippen LogP contribution in [0.2, 0.25) is 0 Å². The highest BCUT2D eigenvalue weighted by atomic mass is 14.8. The lowest BCUT2D eigenvalue weighted by Gasteiger charge is -2.06. The summed E-state index contributed by atoms with van der Waals surface area (Å²) in [5, 5.41) is 0. The van der Waals surface area contributed by atoms with E-state index in [1.165, 1.54) is 0 Å². The van der Waals surface area contributed by atoms with Crippen LogP contribution in [-0.2, 0) is 0 Å². The zero-order valence-electron chi connectivity index (χ0n) is 6.70. The quantitative estimate of drug-likeness (QED) is 0.519. The van der Waals surface area contributed by atoms with Gasteiger partial charge in [-0.1, -0.05) is 12.0 Å². The van der Waals surface area contributed by atoms with Gasteiger partial charge in [0.2, 0.25) is 0 Å². The molecule has 0 bridgehead atoms. The average molecular weight is 158 g/mol. The molecule has 0 unspecified atom stereocenters. The zero-order chi connectivity index (χ0) is 8.97. The first-order valence-corrected chi connectivity index (χ1v) is 3.59. The molecule has 0 saturated carbocycles. The van der Waals surface area contributed by atoms with Crippen molar-refractivity contribution in [3.8, 4) is 12.3 Å². The molecule has 0 aliphatic carbocycles. The van der Waals surface area contributed by atoms with Crippen LogP contribution < -0.4 is 5.73 Å². The third-order valence-corrected chi connectivity index (χ3v) is 1.56. The van der Waals surface area contributed by atoms with Gasteiger partial charge in [-0.2, -0.15) is 0 Å². The Morgan fingerprint density at radius 1 is 1.75 bits per heavy atom. The van der Waals surface area contributed by atoms with Gasteiger partial charge in [-0.05, 0) is 12.1 Å². The molecule has 1 rings (SSSR count). The van der Waals surface area contributed by atoms with Gasteiger partial charge >= 0.3 is 0 Å². The summed E-state index contributed by atoms with van der Waals surface area (Å²) >= 11 is 0. The van der Waals surface area contributed by atoms with Crippen molar-refractivity contribution in [2.45, 2.75) is 6.04 Å². The topological polar surface area (TPSA) is 38.9 Å². The summed E-state index contributed by atoms with van der Waals surface area (Å²) in [7, 11) is 0. The van der Waals surface area contributed by atoms with Crippen molar-refractivity contribution >= 4 is 0 Å². The summed E-state index contributed by atoms with van der Waals surface area (Å²) in [4.78, 5) is 4.08. The fourth-order valence-corrected chi connectivity index (χ4v) is 0.917. The molecule has 1 aromatic rings. The standard InChI is InChI=1S/C10H10N2/c1-3-8-6-5-7-12-10(8)9(11)4-2/h1,4-7,9H,2,11H2/t9-/m1/s1. The van der Waals surface area contributed by atoms with E-state index in [9.17, 15) is 0 Å². The number of nitrogens with two attached hydrogens (primary N) is 1. The maximum Gasteiger partial charge on any atom is 0.0766 e. The Bertz CT molecular complexity index is 323. The fraction of sp³-hybridized carbons (Fsp3) is 0.100. The van der Waals surface area contributed by atoms with Crippen molar-refractivity contribution in [2.24, 2.45) is 5.73 Å². The van der Waals surface area contributed by atoms with E-state index in [1.54, 1.807) is 18.3 Å². The molecule has 0 saturated heterocycles. The number of terminal acetylenes is 1. The Labute approximate surface area is 72.1 Å². The maximum absolute atomic E-state index is 5.69. The molecule has 1 aromatic heterocycles. The average Bonchev–Trinajstić information content (AvgIpc) is 2.16. The van der Waals surface area contributed by atoms with E-state index in [1.807, 2.05) is 6.07 Å². The third-order valence-electron chi connectivity index (χ3n) is 1.56.